The molecule has 0 atom stereocenters. The van der Waals surface area contributed by atoms with Crippen molar-refractivity contribution in [3.63, 3.8) is 0 Å². The number of alkyl halides is 3. The summed E-state index contributed by atoms with van der Waals surface area (Å²) in [6.07, 6.45) is -4.86. The number of para-hydroxylation sites is 1. The Morgan fingerprint density at radius 1 is 0.931 bits per heavy atom. The van der Waals surface area contributed by atoms with Crippen LogP contribution in [0.1, 0.15) is 0 Å². The lowest BCUT2D eigenvalue weighted by Crippen LogP contribution is -2.52. The predicted molar refractivity (Wildman–Crippen MR) is 105 cm³/mol. The predicted octanol–water partition coefficient (Wildman–Crippen LogP) is 4.16. The molecule has 0 radical (unpaired) electrons. The molecule has 1 amide bonds. The Morgan fingerprint density at radius 3 is 2.28 bits per heavy atom. The third-order valence-corrected chi connectivity index (χ3v) is 5.14. The maximum absolute atomic E-state index is 12.7. The Hall–Kier alpha value is -2.87. The lowest BCUT2D eigenvalue weighted by atomic mass is 10.1. The van der Waals surface area contributed by atoms with Gasteiger partial charge in [-0.25, -0.2) is 9.97 Å². The van der Waals surface area contributed by atoms with Crippen molar-refractivity contribution in [3.8, 4) is 11.4 Å². The minimum Gasteiger partial charge on any atom is -0.352 e. The maximum atomic E-state index is 12.7. The molecule has 9 heteroatoms. The molecular formula is C20H16ClF3N4O. The molecule has 0 saturated carbocycles. The number of anilines is 1. The van der Waals surface area contributed by atoms with Gasteiger partial charge in [0, 0.05) is 37.1 Å². The second-order valence-electron chi connectivity index (χ2n) is 6.64. The first-order chi connectivity index (χ1) is 13.8. The number of carbonyl (C=O) groups excluding carboxylic acids is 1. The van der Waals surface area contributed by atoms with Gasteiger partial charge in [0.1, 0.15) is 5.82 Å². The summed E-state index contributed by atoms with van der Waals surface area (Å²) in [4.78, 5) is 23.5. The Balaban J connectivity index is 1.69. The van der Waals surface area contributed by atoms with Crippen molar-refractivity contribution >= 4 is 34.2 Å². The fourth-order valence-corrected chi connectivity index (χ4v) is 3.58. The molecular weight excluding hydrogens is 405 g/mol. The highest BCUT2D eigenvalue weighted by Gasteiger charge is 2.43. The van der Waals surface area contributed by atoms with Gasteiger partial charge in [-0.05, 0) is 24.3 Å². The normalized spacial score (nSPS) is 15.0. The second kappa shape index (κ2) is 7.51. The molecule has 1 saturated heterocycles. The molecule has 0 bridgehead atoms. The van der Waals surface area contributed by atoms with Crippen LogP contribution in [0.25, 0.3) is 22.3 Å². The number of fused-ring (bicyclic) bond motifs is 1. The summed E-state index contributed by atoms with van der Waals surface area (Å²) in [6.45, 7) is 0.422. The molecule has 1 aromatic heterocycles. The average Bonchev–Trinajstić information content (AvgIpc) is 2.72. The van der Waals surface area contributed by atoms with E-state index in [1.165, 1.54) is 0 Å². The SMILES string of the molecule is O=C(N1CCN(c2nc(-c3ccccc3Cl)nc3ccccc23)CC1)C(F)(F)F. The number of hydrogen-bond donors (Lipinski definition) is 0. The van der Waals surface area contributed by atoms with Gasteiger partial charge in [0.15, 0.2) is 5.82 Å². The molecule has 0 unspecified atom stereocenters. The molecule has 5 nitrogen and oxygen atoms in total. The van der Waals surface area contributed by atoms with Gasteiger partial charge >= 0.3 is 12.1 Å². The Bertz CT molecular complexity index is 1070. The van der Waals surface area contributed by atoms with E-state index in [1.807, 2.05) is 47.4 Å². The second-order valence-corrected chi connectivity index (χ2v) is 7.05. The summed E-state index contributed by atoms with van der Waals surface area (Å²) in [5.74, 6) is -0.746. The summed E-state index contributed by atoms with van der Waals surface area (Å²) in [6, 6.07) is 14.6. The third kappa shape index (κ3) is 3.85. The highest BCUT2D eigenvalue weighted by atomic mass is 35.5. The number of amides is 1. The van der Waals surface area contributed by atoms with Gasteiger partial charge < -0.3 is 9.80 Å². The summed E-state index contributed by atoms with van der Waals surface area (Å²) in [7, 11) is 0. The van der Waals surface area contributed by atoms with Gasteiger partial charge in [0.2, 0.25) is 0 Å². The van der Waals surface area contributed by atoms with Crippen molar-refractivity contribution in [3.05, 3.63) is 53.6 Å². The van der Waals surface area contributed by atoms with E-state index >= 15 is 0 Å². The van der Waals surface area contributed by atoms with Crippen molar-refractivity contribution in [2.45, 2.75) is 6.18 Å². The number of piperazine rings is 1. The van der Waals surface area contributed by atoms with Crippen LogP contribution in [0.3, 0.4) is 0 Å². The summed E-state index contributed by atoms with van der Waals surface area (Å²) in [5, 5.41) is 1.30. The van der Waals surface area contributed by atoms with Gasteiger partial charge in [0.25, 0.3) is 0 Å². The molecule has 1 aliphatic heterocycles. The largest absolute Gasteiger partial charge is 0.471 e. The van der Waals surface area contributed by atoms with Crippen LogP contribution in [-0.2, 0) is 4.79 Å². The quantitative estimate of drug-likeness (QED) is 0.624. The van der Waals surface area contributed by atoms with E-state index in [-0.39, 0.29) is 26.2 Å². The molecule has 2 heterocycles. The maximum Gasteiger partial charge on any atom is 0.471 e. The van der Waals surface area contributed by atoms with Crippen molar-refractivity contribution in [2.24, 2.45) is 0 Å². The van der Waals surface area contributed by atoms with Gasteiger partial charge in [-0.15, -0.1) is 0 Å². The minimum atomic E-state index is -4.86. The van der Waals surface area contributed by atoms with E-state index in [4.69, 9.17) is 11.6 Å². The first-order valence-electron chi connectivity index (χ1n) is 8.97. The van der Waals surface area contributed by atoms with Crippen LogP contribution in [0.15, 0.2) is 48.5 Å². The number of rotatable bonds is 2. The third-order valence-electron chi connectivity index (χ3n) is 4.81. The van der Waals surface area contributed by atoms with Crippen molar-refractivity contribution < 1.29 is 18.0 Å². The first-order valence-corrected chi connectivity index (χ1v) is 9.35. The molecule has 2 aromatic carbocycles. The van der Waals surface area contributed by atoms with Gasteiger partial charge in [0.05, 0.1) is 10.5 Å². The van der Waals surface area contributed by atoms with Crippen LogP contribution in [0.2, 0.25) is 5.02 Å². The molecule has 150 valence electrons. The molecule has 1 fully saturated rings. The van der Waals surface area contributed by atoms with Gasteiger partial charge in [-0.3, -0.25) is 4.79 Å². The van der Waals surface area contributed by atoms with Gasteiger partial charge in [-0.1, -0.05) is 35.9 Å². The Kier molecular flexibility index (Phi) is 5.04. The molecule has 29 heavy (non-hydrogen) atoms. The zero-order chi connectivity index (χ0) is 20.6. The van der Waals surface area contributed by atoms with Crippen LogP contribution >= 0.6 is 11.6 Å². The number of carbonyl (C=O) groups is 1. The van der Waals surface area contributed by atoms with Crippen LogP contribution in [0, 0.1) is 0 Å². The number of halogens is 4. The van der Waals surface area contributed by atoms with E-state index in [0.717, 1.165) is 10.3 Å². The highest BCUT2D eigenvalue weighted by molar-refractivity contribution is 6.33. The van der Waals surface area contributed by atoms with Crippen molar-refractivity contribution in [1.29, 1.82) is 0 Å². The monoisotopic (exact) mass is 420 g/mol. The number of aromatic nitrogens is 2. The Morgan fingerprint density at radius 2 is 1.59 bits per heavy atom. The number of nitrogens with zero attached hydrogens (tertiary/aromatic N) is 4. The molecule has 1 aliphatic rings. The average molecular weight is 421 g/mol. The van der Waals surface area contributed by atoms with Crippen LogP contribution in [0.5, 0.6) is 0 Å². The zero-order valence-electron chi connectivity index (χ0n) is 15.2. The van der Waals surface area contributed by atoms with E-state index in [0.29, 0.717) is 27.7 Å². The van der Waals surface area contributed by atoms with Gasteiger partial charge in [-0.2, -0.15) is 13.2 Å². The van der Waals surface area contributed by atoms with Crippen molar-refractivity contribution in [2.75, 3.05) is 31.1 Å². The Labute approximate surface area is 169 Å². The molecule has 4 rings (SSSR count). The van der Waals surface area contributed by atoms with E-state index in [9.17, 15) is 18.0 Å². The summed E-state index contributed by atoms with van der Waals surface area (Å²) in [5.41, 5.74) is 1.38. The smallest absolute Gasteiger partial charge is 0.352 e. The molecule has 0 aliphatic carbocycles. The van der Waals surface area contributed by atoms with E-state index < -0.39 is 12.1 Å². The van der Waals surface area contributed by atoms with Crippen LogP contribution < -0.4 is 4.90 Å². The topological polar surface area (TPSA) is 49.3 Å². The fraction of sp³-hybridized carbons (Fsp3) is 0.250. The number of benzene rings is 2. The lowest BCUT2D eigenvalue weighted by Gasteiger charge is -2.36. The fourth-order valence-electron chi connectivity index (χ4n) is 3.36. The highest BCUT2D eigenvalue weighted by Crippen LogP contribution is 2.31. The van der Waals surface area contributed by atoms with Crippen molar-refractivity contribution in [1.82, 2.24) is 14.9 Å². The summed E-state index contributed by atoms with van der Waals surface area (Å²) >= 11 is 6.30. The molecule has 3 aromatic rings. The van der Waals surface area contributed by atoms with E-state index in [2.05, 4.69) is 9.97 Å². The zero-order valence-corrected chi connectivity index (χ0v) is 15.9. The number of hydrogen-bond acceptors (Lipinski definition) is 4. The van der Waals surface area contributed by atoms with Crippen LogP contribution in [-0.4, -0.2) is 53.1 Å². The van der Waals surface area contributed by atoms with Crippen LogP contribution in [0.4, 0.5) is 19.0 Å². The first kappa shape index (κ1) is 19.4. The molecule has 0 N–H and O–H groups in total. The molecule has 0 spiro atoms. The minimum absolute atomic E-state index is 0.0297. The lowest BCUT2D eigenvalue weighted by molar-refractivity contribution is -0.185. The summed E-state index contributed by atoms with van der Waals surface area (Å²) < 4.78 is 38.1. The van der Waals surface area contributed by atoms with E-state index in [1.54, 1.807) is 6.07 Å². The standard InChI is InChI=1S/C20H16ClF3N4O/c21-15-7-3-1-5-13(15)17-25-16-8-4-2-6-14(16)18(26-17)27-9-11-28(12-10-27)19(29)20(22,23)24/h1-8H,9-12H2.